The molecule has 2 rings (SSSR count). The Morgan fingerprint density at radius 2 is 2.00 bits per heavy atom. The van der Waals surface area contributed by atoms with Gasteiger partial charge in [0.05, 0.1) is 5.54 Å². The Morgan fingerprint density at radius 3 is 2.20 bits per heavy atom. The summed E-state index contributed by atoms with van der Waals surface area (Å²) in [5.74, 6) is 0. The maximum atomic E-state index is 10.6. The highest BCUT2D eigenvalue weighted by molar-refractivity contribution is 5.85. The molecule has 0 radical (unpaired) electrons. The van der Waals surface area contributed by atoms with Gasteiger partial charge in [0.15, 0.2) is 0 Å². The lowest BCUT2D eigenvalue weighted by atomic mass is 9.94. The van der Waals surface area contributed by atoms with Gasteiger partial charge in [0, 0.05) is 19.6 Å². The van der Waals surface area contributed by atoms with Crippen LogP contribution in [-0.4, -0.2) is 31.2 Å². The zero-order chi connectivity index (χ0) is 6.32. The minimum atomic E-state index is -0.0310. The highest BCUT2D eigenvalue weighted by atomic mass is 35.5. The predicted octanol–water partition coefficient (Wildman–Crippen LogP) is -0.937. The minimum absolute atomic E-state index is 0. The molecule has 2 heterocycles. The molecule has 0 aliphatic carbocycles. The number of nitrogens with one attached hydrogen (secondary N) is 3. The third-order valence-electron chi connectivity index (χ3n) is 1.89. The maximum Gasteiger partial charge on any atom is 0.315 e. The number of hydrogen-bond acceptors (Lipinski definition) is 2. The molecule has 2 amide bonds. The fraction of sp³-hybridized carbons (Fsp3) is 0.800. The second kappa shape index (κ2) is 2.29. The Bertz CT molecular complexity index is 157. The van der Waals surface area contributed by atoms with Gasteiger partial charge in [-0.05, 0) is 0 Å². The van der Waals surface area contributed by atoms with Crippen LogP contribution < -0.4 is 16.0 Å². The number of carbonyl (C=O) groups excluding carboxylic acids is 1. The topological polar surface area (TPSA) is 53.2 Å². The Hall–Kier alpha value is -0.480. The van der Waals surface area contributed by atoms with E-state index in [4.69, 9.17) is 0 Å². The second-order valence-corrected chi connectivity index (χ2v) is 2.69. The average molecular weight is 164 g/mol. The van der Waals surface area contributed by atoms with Crippen molar-refractivity contribution in [2.24, 2.45) is 0 Å². The normalized spacial score (nSPS) is 26.2. The third-order valence-corrected chi connectivity index (χ3v) is 1.89. The van der Waals surface area contributed by atoms with E-state index >= 15 is 0 Å². The maximum absolute atomic E-state index is 10.6. The Balaban J connectivity index is 0.000000500. The van der Waals surface area contributed by atoms with Crippen molar-refractivity contribution in [2.75, 3.05) is 19.6 Å². The first-order valence-corrected chi connectivity index (χ1v) is 3.08. The van der Waals surface area contributed by atoms with Crippen LogP contribution in [0.15, 0.2) is 0 Å². The SMILES string of the molecule is Cl.O=C1NCC2(CNC2)N1. The zero-order valence-electron chi connectivity index (χ0n) is 5.44. The van der Waals surface area contributed by atoms with E-state index in [2.05, 4.69) is 16.0 Å². The highest BCUT2D eigenvalue weighted by Crippen LogP contribution is 2.12. The molecule has 0 aromatic carbocycles. The summed E-state index contributed by atoms with van der Waals surface area (Å²) < 4.78 is 0. The van der Waals surface area contributed by atoms with Crippen LogP contribution in [0.25, 0.3) is 0 Å². The first-order valence-electron chi connectivity index (χ1n) is 3.08. The number of carbonyl (C=O) groups is 1. The van der Waals surface area contributed by atoms with Crippen LogP contribution >= 0.6 is 12.4 Å². The van der Waals surface area contributed by atoms with Crippen molar-refractivity contribution in [2.45, 2.75) is 5.54 Å². The predicted molar refractivity (Wildman–Crippen MR) is 39.4 cm³/mol. The molecule has 2 saturated heterocycles. The van der Waals surface area contributed by atoms with Crippen LogP contribution in [0.2, 0.25) is 0 Å². The van der Waals surface area contributed by atoms with Crippen molar-refractivity contribution in [1.29, 1.82) is 0 Å². The van der Waals surface area contributed by atoms with Crippen LogP contribution in [0.1, 0.15) is 0 Å². The van der Waals surface area contributed by atoms with Gasteiger partial charge in [-0.2, -0.15) is 0 Å². The molecule has 3 N–H and O–H groups in total. The van der Waals surface area contributed by atoms with Crippen molar-refractivity contribution >= 4 is 18.4 Å². The van der Waals surface area contributed by atoms with E-state index in [0.717, 1.165) is 19.6 Å². The van der Waals surface area contributed by atoms with Gasteiger partial charge in [-0.3, -0.25) is 0 Å². The molecule has 0 aromatic heterocycles. The molecule has 58 valence electrons. The quantitative estimate of drug-likeness (QED) is 0.432. The molecule has 1 spiro atoms. The molecule has 0 saturated carbocycles. The van der Waals surface area contributed by atoms with Crippen LogP contribution in [0.5, 0.6) is 0 Å². The number of amides is 2. The van der Waals surface area contributed by atoms with Gasteiger partial charge in [0.2, 0.25) is 0 Å². The van der Waals surface area contributed by atoms with Crippen molar-refractivity contribution in [3.8, 4) is 0 Å². The van der Waals surface area contributed by atoms with E-state index in [1.807, 2.05) is 0 Å². The van der Waals surface area contributed by atoms with Crippen LogP contribution in [0.4, 0.5) is 4.79 Å². The van der Waals surface area contributed by atoms with Crippen molar-refractivity contribution < 1.29 is 4.79 Å². The molecule has 0 aromatic rings. The van der Waals surface area contributed by atoms with Crippen LogP contribution in [0.3, 0.4) is 0 Å². The van der Waals surface area contributed by atoms with Gasteiger partial charge in [-0.25, -0.2) is 4.79 Å². The van der Waals surface area contributed by atoms with E-state index < -0.39 is 0 Å². The van der Waals surface area contributed by atoms with Gasteiger partial charge in [0.25, 0.3) is 0 Å². The molecule has 0 unspecified atom stereocenters. The van der Waals surface area contributed by atoms with Gasteiger partial charge in [-0.15, -0.1) is 12.4 Å². The Kier molecular flexibility index (Phi) is 1.74. The number of halogens is 1. The smallest absolute Gasteiger partial charge is 0.315 e. The number of rotatable bonds is 0. The fourth-order valence-electron chi connectivity index (χ4n) is 1.22. The fourth-order valence-corrected chi connectivity index (χ4v) is 1.22. The molecule has 2 aliphatic heterocycles. The van der Waals surface area contributed by atoms with Crippen LogP contribution in [0, 0.1) is 0 Å². The second-order valence-electron chi connectivity index (χ2n) is 2.69. The Labute approximate surface area is 65.2 Å². The lowest BCUT2D eigenvalue weighted by molar-refractivity contribution is 0.232. The van der Waals surface area contributed by atoms with E-state index in [1.54, 1.807) is 0 Å². The molecular formula is C5H10ClN3O. The zero-order valence-corrected chi connectivity index (χ0v) is 6.25. The standard InChI is InChI=1S/C5H9N3O.ClH/c9-4-7-3-5(8-4)1-6-2-5;/h6H,1-3H2,(H2,7,8,9);1H. The van der Waals surface area contributed by atoms with E-state index in [9.17, 15) is 4.79 Å². The number of urea groups is 1. The van der Waals surface area contributed by atoms with Crippen molar-refractivity contribution in [3.63, 3.8) is 0 Å². The van der Waals surface area contributed by atoms with Crippen molar-refractivity contribution in [3.05, 3.63) is 0 Å². The molecule has 4 nitrogen and oxygen atoms in total. The molecule has 2 fully saturated rings. The molecule has 2 aliphatic rings. The number of hydrogen-bond donors (Lipinski definition) is 3. The summed E-state index contributed by atoms with van der Waals surface area (Å²) in [6.45, 7) is 2.59. The summed E-state index contributed by atoms with van der Waals surface area (Å²) in [6, 6.07) is -0.0310. The summed E-state index contributed by atoms with van der Waals surface area (Å²) in [5.41, 5.74) is 0.0666. The van der Waals surface area contributed by atoms with Crippen LogP contribution in [-0.2, 0) is 0 Å². The molecule has 0 atom stereocenters. The monoisotopic (exact) mass is 163 g/mol. The van der Waals surface area contributed by atoms with Gasteiger partial charge < -0.3 is 16.0 Å². The third kappa shape index (κ3) is 0.932. The summed E-state index contributed by atoms with van der Waals surface area (Å²) in [6.07, 6.45) is 0. The Morgan fingerprint density at radius 1 is 1.30 bits per heavy atom. The van der Waals surface area contributed by atoms with Gasteiger partial charge in [-0.1, -0.05) is 0 Å². The molecular weight excluding hydrogens is 154 g/mol. The van der Waals surface area contributed by atoms with E-state index in [1.165, 1.54) is 0 Å². The summed E-state index contributed by atoms with van der Waals surface area (Å²) in [5, 5.41) is 8.69. The highest BCUT2D eigenvalue weighted by Gasteiger charge is 2.42. The largest absolute Gasteiger partial charge is 0.336 e. The average Bonchev–Trinajstić information content (AvgIpc) is 2.09. The molecule has 5 heteroatoms. The molecule has 10 heavy (non-hydrogen) atoms. The lowest BCUT2D eigenvalue weighted by Gasteiger charge is -2.37. The van der Waals surface area contributed by atoms with E-state index in [-0.39, 0.29) is 24.0 Å². The van der Waals surface area contributed by atoms with E-state index in [0.29, 0.717) is 0 Å². The van der Waals surface area contributed by atoms with Crippen molar-refractivity contribution in [1.82, 2.24) is 16.0 Å². The summed E-state index contributed by atoms with van der Waals surface area (Å²) in [4.78, 5) is 10.6. The summed E-state index contributed by atoms with van der Waals surface area (Å²) in [7, 11) is 0. The first-order chi connectivity index (χ1) is 4.31. The first kappa shape index (κ1) is 7.63. The van der Waals surface area contributed by atoms with Gasteiger partial charge >= 0.3 is 6.03 Å². The minimum Gasteiger partial charge on any atom is -0.336 e. The lowest BCUT2D eigenvalue weighted by Crippen LogP contribution is -2.67. The summed E-state index contributed by atoms with van der Waals surface area (Å²) >= 11 is 0. The van der Waals surface area contributed by atoms with Gasteiger partial charge in [0.1, 0.15) is 0 Å². The molecule has 0 bridgehead atoms.